The molecule has 0 bridgehead atoms. The number of carbonyl (C=O) groups is 1. The molecule has 0 spiro atoms. The highest BCUT2D eigenvalue weighted by molar-refractivity contribution is 7.92. The Morgan fingerprint density at radius 1 is 1.10 bits per heavy atom. The molecule has 0 fully saturated rings. The van der Waals surface area contributed by atoms with Crippen molar-refractivity contribution >= 4 is 38.9 Å². The van der Waals surface area contributed by atoms with E-state index in [4.69, 9.17) is 21.1 Å². The van der Waals surface area contributed by atoms with E-state index in [1.165, 1.54) is 20.1 Å². The summed E-state index contributed by atoms with van der Waals surface area (Å²) in [7, 11) is -2.39. The SMILES string of the molecule is COc1ccc(Cl)cc1N([C@H](C)C(=O)Nc1ccc(OC(C)C)cc1)S(C)(=O)=O. The fraction of sp³-hybridized carbons (Fsp3) is 0.350. The summed E-state index contributed by atoms with van der Waals surface area (Å²) in [6.45, 7) is 5.33. The minimum Gasteiger partial charge on any atom is -0.495 e. The van der Waals surface area contributed by atoms with Crippen molar-refractivity contribution in [1.29, 1.82) is 0 Å². The van der Waals surface area contributed by atoms with E-state index in [9.17, 15) is 13.2 Å². The van der Waals surface area contributed by atoms with Crippen molar-refractivity contribution in [2.24, 2.45) is 0 Å². The summed E-state index contributed by atoms with van der Waals surface area (Å²) >= 11 is 6.04. The van der Waals surface area contributed by atoms with Crippen molar-refractivity contribution in [2.75, 3.05) is 23.0 Å². The van der Waals surface area contributed by atoms with E-state index in [-0.39, 0.29) is 17.5 Å². The molecule has 0 saturated heterocycles. The van der Waals surface area contributed by atoms with Gasteiger partial charge in [-0.25, -0.2) is 8.42 Å². The van der Waals surface area contributed by atoms with Crippen LogP contribution in [0.5, 0.6) is 11.5 Å². The van der Waals surface area contributed by atoms with E-state index >= 15 is 0 Å². The second kappa shape index (κ2) is 9.37. The lowest BCUT2D eigenvalue weighted by molar-refractivity contribution is -0.116. The monoisotopic (exact) mass is 440 g/mol. The van der Waals surface area contributed by atoms with Gasteiger partial charge in [-0.2, -0.15) is 0 Å². The van der Waals surface area contributed by atoms with Gasteiger partial charge in [0.25, 0.3) is 0 Å². The second-order valence-corrected chi connectivity index (χ2v) is 9.03. The molecule has 2 aromatic rings. The van der Waals surface area contributed by atoms with Crippen LogP contribution < -0.4 is 19.1 Å². The van der Waals surface area contributed by atoms with E-state index in [1.54, 1.807) is 36.4 Å². The van der Waals surface area contributed by atoms with E-state index in [0.717, 1.165) is 10.6 Å². The molecule has 29 heavy (non-hydrogen) atoms. The zero-order valence-corrected chi connectivity index (χ0v) is 18.5. The van der Waals surface area contributed by atoms with Crippen LogP contribution in [0.3, 0.4) is 0 Å². The van der Waals surface area contributed by atoms with Crippen LogP contribution >= 0.6 is 11.6 Å². The van der Waals surface area contributed by atoms with Crippen LogP contribution in [0.15, 0.2) is 42.5 Å². The first-order chi connectivity index (χ1) is 13.5. The van der Waals surface area contributed by atoms with E-state index in [0.29, 0.717) is 16.5 Å². The molecule has 2 rings (SSSR count). The molecule has 0 unspecified atom stereocenters. The predicted molar refractivity (Wildman–Crippen MR) is 116 cm³/mol. The van der Waals surface area contributed by atoms with Crippen LogP contribution in [0.1, 0.15) is 20.8 Å². The normalized spacial score (nSPS) is 12.4. The molecule has 0 saturated carbocycles. The summed E-state index contributed by atoms with van der Waals surface area (Å²) in [6, 6.07) is 10.4. The maximum atomic E-state index is 12.8. The van der Waals surface area contributed by atoms with Gasteiger partial charge in [0.15, 0.2) is 0 Å². The van der Waals surface area contributed by atoms with Gasteiger partial charge in [0.05, 0.1) is 25.2 Å². The number of amides is 1. The Labute approximate surface area is 176 Å². The second-order valence-electron chi connectivity index (χ2n) is 6.73. The molecule has 0 aliphatic rings. The summed E-state index contributed by atoms with van der Waals surface area (Å²) in [5, 5.41) is 3.04. The summed E-state index contributed by atoms with van der Waals surface area (Å²) in [4.78, 5) is 12.8. The topological polar surface area (TPSA) is 84.9 Å². The number of sulfonamides is 1. The Bertz CT molecular complexity index is 961. The third-order valence-corrected chi connectivity index (χ3v) is 5.42. The maximum Gasteiger partial charge on any atom is 0.247 e. The van der Waals surface area contributed by atoms with Crippen LogP contribution in [-0.2, 0) is 14.8 Å². The van der Waals surface area contributed by atoms with Crippen LogP contribution in [0.4, 0.5) is 11.4 Å². The Balaban J connectivity index is 2.29. The molecule has 0 aliphatic carbocycles. The van der Waals surface area contributed by atoms with Crippen molar-refractivity contribution < 1.29 is 22.7 Å². The first-order valence-corrected chi connectivity index (χ1v) is 11.2. The Kier molecular flexibility index (Phi) is 7.37. The van der Waals surface area contributed by atoms with Gasteiger partial charge in [-0.15, -0.1) is 0 Å². The zero-order valence-electron chi connectivity index (χ0n) is 17.0. The molecule has 0 aliphatic heterocycles. The number of carbonyl (C=O) groups excluding carboxylic acids is 1. The molecule has 7 nitrogen and oxygen atoms in total. The number of halogens is 1. The summed E-state index contributed by atoms with van der Waals surface area (Å²) in [5.74, 6) is 0.456. The number of hydrogen-bond donors (Lipinski definition) is 1. The largest absolute Gasteiger partial charge is 0.495 e. The summed E-state index contributed by atoms with van der Waals surface area (Å²) < 4.78 is 36.8. The molecule has 0 radical (unpaired) electrons. The van der Waals surface area contributed by atoms with Gasteiger partial charge < -0.3 is 14.8 Å². The molecule has 1 amide bonds. The number of nitrogens with one attached hydrogen (secondary N) is 1. The standard InChI is InChI=1S/C20H25ClN2O5S/c1-13(2)28-17-9-7-16(8-10-17)22-20(24)14(3)23(29(5,25)26)18-12-15(21)6-11-19(18)27-4/h6-14H,1-5H3,(H,22,24)/t14-/m1/s1. The van der Waals surface area contributed by atoms with Gasteiger partial charge in [0.2, 0.25) is 15.9 Å². The smallest absolute Gasteiger partial charge is 0.247 e. The average Bonchev–Trinajstić information content (AvgIpc) is 2.62. The molecule has 2 aromatic carbocycles. The van der Waals surface area contributed by atoms with E-state index in [1.807, 2.05) is 13.8 Å². The van der Waals surface area contributed by atoms with Gasteiger partial charge in [-0.3, -0.25) is 9.10 Å². The van der Waals surface area contributed by atoms with Gasteiger partial charge in [0.1, 0.15) is 17.5 Å². The highest BCUT2D eigenvalue weighted by Crippen LogP contribution is 2.34. The zero-order chi connectivity index (χ0) is 21.8. The highest BCUT2D eigenvalue weighted by atomic mass is 35.5. The Morgan fingerprint density at radius 3 is 2.24 bits per heavy atom. The lowest BCUT2D eigenvalue weighted by Crippen LogP contribution is -2.45. The third kappa shape index (κ3) is 6.01. The third-order valence-electron chi connectivity index (χ3n) is 3.96. The van der Waals surface area contributed by atoms with Crippen molar-refractivity contribution in [3.8, 4) is 11.5 Å². The van der Waals surface area contributed by atoms with Gasteiger partial charge in [0, 0.05) is 10.7 Å². The van der Waals surface area contributed by atoms with Gasteiger partial charge in [-0.05, 0) is 63.2 Å². The van der Waals surface area contributed by atoms with Crippen molar-refractivity contribution in [1.82, 2.24) is 0 Å². The first kappa shape index (κ1) is 22.8. The first-order valence-electron chi connectivity index (χ1n) is 8.93. The van der Waals surface area contributed by atoms with Crippen molar-refractivity contribution in [3.63, 3.8) is 0 Å². The van der Waals surface area contributed by atoms with Crippen LogP contribution in [0.2, 0.25) is 5.02 Å². The van der Waals surface area contributed by atoms with Crippen LogP contribution in [0.25, 0.3) is 0 Å². The lowest BCUT2D eigenvalue weighted by atomic mass is 10.2. The number of hydrogen-bond acceptors (Lipinski definition) is 5. The minimum absolute atomic E-state index is 0.0338. The molecular weight excluding hydrogens is 416 g/mol. The lowest BCUT2D eigenvalue weighted by Gasteiger charge is -2.29. The molecule has 9 heteroatoms. The minimum atomic E-state index is -3.81. The molecule has 1 N–H and O–H groups in total. The quantitative estimate of drug-likeness (QED) is 0.672. The molecule has 158 valence electrons. The van der Waals surface area contributed by atoms with Crippen LogP contribution in [0, 0.1) is 0 Å². The Hall–Kier alpha value is -2.45. The highest BCUT2D eigenvalue weighted by Gasteiger charge is 2.31. The average molecular weight is 441 g/mol. The number of anilines is 2. The van der Waals surface area contributed by atoms with E-state index in [2.05, 4.69) is 5.32 Å². The van der Waals surface area contributed by atoms with Gasteiger partial charge >= 0.3 is 0 Å². The van der Waals surface area contributed by atoms with E-state index < -0.39 is 22.0 Å². The fourth-order valence-electron chi connectivity index (χ4n) is 2.75. The molecule has 0 aromatic heterocycles. The van der Waals surface area contributed by atoms with Crippen LogP contribution in [-0.4, -0.2) is 39.8 Å². The number of rotatable bonds is 8. The maximum absolute atomic E-state index is 12.8. The number of methoxy groups -OCH3 is 1. The number of benzene rings is 2. The molecule has 1 atom stereocenters. The summed E-state index contributed by atoms with van der Waals surface area (Å²) in [5.41, 5.74) is 0.704. The molecular formula is C20H25ClN2O5S. The summed E-state index contributed by atoms with van der Waals surface area (Å²) in [6.07, 6.45) is 1.06. The van der Waals surface area contributed by atoms with Gasteiger partial charge in [-0.1, -0.05) is 11.6 Å². The predicted octanol–water partition coefficient (Wildman–Crippen LogP) is 3.93. The van der Waals surface area contributed by atoms with Crippen molar-refractivity contribution in [3.05, 3.63) is 47.5 Å². The number of ether oxygens (including phenoxy) is 2. The molecule has 0 heterocycles. The fourth-order valence-corrected chi connectivity index (χ4v) is 4.09. The number of nitrogens with zero attached hydrogens (tertiary/aromatic N) is 1. The van der Waals surface area contributed by atoms with Crippen molar-refractivity contribution in [2.45, 2.75) is 32.9 Å². The Morgan fingerprint density at radius 2 is 1.72 bits per heavy atom.